The Morgan fingerprint density at radius 2 is 1.88 bits per heavy atom. The van der Waals surface area contributed by atoms with Gasteiger partial charge < -0.3 is 20.5 Å². The molecule has 0 aliphatic rings. The molecule has 1 atom stereocenters. The number of nitrogen functional groups attached to an aromatic ring is 1. The molecule has 1 heterocycles. The predicted octanol–water partition coefficient (Wildman–Crippen LogP) is 6.85. The molecule has 3 aromatic rings. The number of carbonyl (C=O) groups excluding carboxylic acids is 1. The van der Waals surface area contributed by atoms with Gasteiger partial charge in [-0.15, -0.1) is 4.36 Å². The van der Waals surface area contributed by atoms with E-state index in [9.17, 15) is 17.8 Å². The first-order valence-corrected chi connectivity index (χ1v) is 15.3. The number of amides is 1. The molecule has 0 saturated carbocycles. The summed E-state index contributed by atoms with van der Waals surface area (Å²) >= 11 is 5.77. The molecule has 1 unspecified atom stereocenters. The number of hydrogen-bond acceptors (Lipinski definition) is 8. The van der Waals surface area contributed by atoms with Crippen LogP contribution in [0.5, 0.6) is 5.75 Å². The zero-order valence-electron chi connectivity index (χ0n) is 23.4. The number of halogens is 3. The molecular formula is C28H34ClF2N5O4S. The topological polar surface area (TPSA) is 129 Å². The summed E-state index contributed by atoms with van der Waals surface area (Å²) in [5.41, 5.74) is 6.91. The SMILES string of the molecule is CC(C)(C)OC(=O)N=S(C)(=O)Cc1cc(N)cc(OCCCCCNc2cc(-c3nc(Cl)ncc3F)ccc2F)c1. The van der Waals surface area contributed by atoms with Crippen LogP contribution in [0.25, 0.3) is 11.3 Å². The van der Waals surface area contributed by atoms with Crippen LogP contribution >= 0.6 is 11.6 Å². The maximum absolute atomic E-state index is 14.3. The van der Waals surface area contributed by atoms with Gasteiger partial charge in [0.1, 0.15) is 22.9 Å². The van der Waals surface area contributed by atoms with Crippen LogP contribution in [-0.2, 0) is 20.2 Å². The zero-order valence-corrected chi connectivity index (χ0v) is 25.0. The first kappa shape index (κ1) is 32.0. The van der Waals surface area contributed by atoms with Gasteiger partial charge in [0.25, 0.3) is 0 Å². The van der Waals surface area contributed by atoms with Crippen molar-refractivity contribution in [2.45, 2.75) is 51.4 Å². The first-order valence-electron chi connectivity index (χ1n) is 12.9. The van der Waals surface area contributed by atoms with E-state index in [2.05, 4.69) is 19.6 Å². The van der Waals surface area contributed by atoms with Crippen molar-refractivity contribution in [1.29, 1.82) is 0 Å². The van der Waals surface area contributed by atoms with Crippen molar-refractivity contribution < 1.29 is 27.3 Å². The number of anilines is 2. The summed E-state index contributed by atoms with van der Waals surface area (Å²) < 4.78 is 55.9. The Labute approximate surface area is 244 Å². The number of ether oxygens (including phenoxy) is 2. The minimum Gasteiger partial charge on any atom is -0.494 e. The summed E-state index contributed by atoms with van der Waals surface area (Å²) in [6, 6.07) is 9.19. The van der Waals surface area contributed by atoms with E-state index in [-0.39, 0.29) is 22.4 Å². The highest BCUT2D eigenvalue weighted by Crippen LogP contribution is 2.26. The van der Waals surface area contributed by atoms with Gasteiger partial charge in [-0.2, -0.15) is 0 Å². The number of unbranched alkanes of at least 4 members (excludes halogenated alkanes) is 2. The lowest BCUT2D eigenvalue weighted by molar-refractivity contribution is 0.0607. The molecule has 3 rings (SSSR count). The number of rotatable bonds is 11. The van der Waals surface area contributed by atoms with E-state index in [1.165, 1.54) is 24.5 Å². The summed E-state index contributed by atoms with van der Waals surface area (Å²) in [6.45, 7) is 6.01. The minimum absolute atomic E-state index is 0.00590. The number of carbonyl (C=O) groups is 1. The third-order valence-corrected chi connectivity index (χ3v) is 7.03. The third kappa shape index (κ3) is 10.8. The van der Waals surface area contributed by atoms with Crippen LogP contribution in [0.2, 0.25) is 5.28 Å². The lowest BCUT2D eigenvalue weighted by Crippen LogP contribution is -2.22. The molecule has 1 aromatic heterocycles. The van der Waals surface area contributed by atoms with Crippen molar-refractivity contribution in [2.75, 3.05) is 30.5 Å². The van der Waals surface area contributed by atoms with E-state index >= 15 is 0 Å². The summed E-state index contributed by atoms with van der Waals surface area (Å²) in [5, 5.41) is 2.93. The van der Waals surface area contributed by atoms with E-state index < -0.39 is 33.1 Å². The lowest BCUT2D eigenvalue weighted by atomic mass is 10.1. The zero-order chi connectivity index (χ0) is 30.2. The average Bonchev–Trinajstić information content (AvgIpc) is 2.83. The predicted molar refractivity (Wildman–Crippen MR) is 158 cm³/mol. The second-order valence-electron chi connectivity index (χ2n) is 10.5. The first-order chi connectivity index (χ1) is 19.2. The molecule has 0 saturated heterocycles. The van der Waals surface area contributed by atoms with Gasteiger partial charge in [0, 0.05) is 30.1 Å². The van der Waals surface area contributed by atoms with E-state index in [0.29, 0.717) is 35.7 Å². The van der Waals surface area contributed by atoms with Crippen LogP contribution < -0.4 is 15.8 Å². The molecular weight excluding hydrogens is 576 g/mol. The summed E-state index contributed by atoms with van der Waals surface area (Å²) in [6.07, 6.45) is 3.72. The molecule has 41 heavy (non-hydrogen) atoms. The quantitative estimate of drug-likeness (QED) is 0.137. The van der Waals surface area contributed by atoms with Crippen molar-refractivity contribution in [1.82, 2.24) is 9.97 Å². The molecule has 2 aromatic carbocycles. The van der Waals surface area contributed by atoms with E-state index in [1.807, 2.05) is 0 Å². The van der Waals surface area contributed by atoms with E-state index in [4.69, 9.17) is 26.8 Å². The number of nitrogens with zero attached hydrogens (tertiary/aromatic N) is 3. The second-order valence-corrected chi connectivity index (χ2v) is 13.2. The Balaban J connectivity index is 1.47. The van der Waals surface area contributed by atoms with Crippen LogP contribution in [0.4, 0.5) is 25.0 Å². The van der Waals surface area contributed by atoms with Gasteiger partial charge in [0.05, 0.1) is 34.0 Å². The van der Waals surface area contributed by atoms with Crippen LogP contribution in [0.15, 0.2) is 47.0 Å². The van der Waals surface area contributed by atoms with Crippen LogP contribution in [0.3, 0.4) is 0 Å². The summed E-state index contributed by atoms with van der Waals surface area (Å²) in [4.78, 5) is 19.5. The lowest BCUT2D eigenvalue weighted by Gasteiger charge is -2.17. The molecule has 0 radical (unpaired) electrons. The molecule has 0 fully saturated rings. The molecule has 3 N–H and O–H groups in total. The highest BCUT2D eigenvalue weighted by molar-refractivity contribution is 7.92. The molecule has 0 aliphatic carbocycles. The minimum atomic E-state index is -2.90. The molecule has 0 spiro atoms. The molecule has 0 aliphatic heterocycles. The smallest absolute Gasteiger partial charge is 0.442 e. The number of benzene rings is 2. The van der Waals surface area contributed by atoms with E-state index in [0.717, 1.165) is 25.5 Å². The van der Waals surface area contributed by atoms with Gasteiger partial charge in [-0.05, 0) is 87.5 Å². The summed E-state index contributed by atoms with van der Waals surface area (Å²) in [5.74, 6) is -0.599. The Morgan fingerprint density at radius 1 is 1.12 bits per heavy atom. The van der Waals surface area contributed by atoms with Crippen LogP contribution in [-0.4, -0.2) is 45.3 Å². The van der Waals surface area contributed by atoms with Crippen molar-refractivity contribution in [3.8, 4) is 17.0 Å². The second kappa shape index (κ2) is 13.9. The van der Waals surface area contributed by atoms with Gasteiger partial charge in [-0.1, -0.05) is 0 Å². The van der Waals surface area contributed by atoms with Crippen LogP contribution in [0.1, 0.15) is 45.6 Å². The maximum Gasteiger partial charge on any atom is 0.442 e. The normalized spacial score (nSPS) is 12.9. The number of nitrogens with one attached hydrogen (secondary N) is 1. The van der Waals surface area contributed by atoms with Crippen molar-refractivity contribution >= 4 is 38.8 Å². The molecule has 222 valence electrons. The maximum atomic E-state index is 14.3. The highest BCUT2D eigenvalue weighted by atomic mass is 35.5. The standard InChI is InChI=1S/C28H34ClF2N5O4S/c1-28(2,3)40-27(37)36-41(4,38)17-18-12-20(32)15-21(13-18)39-11-7-5-6-10-33-24-14-19(8-9-22(24)30)25-23(31)16-34-26(29)35-25/h8-9,12-16,33H,5-7,10-11,17,32H2,1-4H3. The van der Waals surface area contributed by atoms with Crippen molar-refractivity contribution in [3.63, 3.8) is 0 Å². The summed E-state index contributed by atoms with van der Waals surface area (Å²) in [7, 11) is -2.90. The number of aromatic nitrogens is 2. The van der Waals surface area contributed by atoms with E-state index in [1.54, 1.807) is 39.0 Å². The third-order valence-electron chi connectivity index (χ3n) is 5.44. The van der Waals surface area contributed by atoms with Crippen molar-refractivity contribution in [3.05, 3.63) is 65.1 Å². The highest BCUT2D eigenvalue weighted by Gasteiger charge is 2.18. The number of hydrogen-bond donors (Lipinski definition) is 2. The molecule has 1 amide bonds. The van der Waals surface area contributed by atoms with Gasteiger partial charge >= 0.3 is 6.09 Å². The van der Waals surface area contributed by atoms with Gasteiger partial charge in [0.2, 0.25) is 5.28 Å². The van der Waals surface area contributed by atoms with Crippen molar-refractivity contribution in [2.24, 2.45) is 4.36 Å². The number of nitrogens with two attached hydrogens (primary N) is 1. The largest absolute Gasteiger partial charge is 0.494 e. The average molecular weight is 610 g/mol. The monoisotopic (exact) mass is 609 g/mol. The van der Waals surface area contributed by atoms with Gasteiger partial charge in [-0.25, -0.2) is 27.8 Å². The fourth-order valence-corrected chi connectivity index (χ4v) is 5.14. The fraction of sp³-hybridized carbons (Fsp3) is 0.393. The van der Waals surface area contributed by atoms with Crippen LogP contribution in [0, 0.1) is 11.6 Å². The molecule has 9 nitrogen and oxygen atoms in total. The molecule has 13 heteroatoms. The fourth-order valence-electron chi connectivity index (χ4n) is 3.81. The molecule has 0 bridgehead atoms. The Kier molecular flexibility index (Phi) is 10.9. The van der Waals surface area contributed by atoms with Gasteiger partial charge in [-0.3, -0.25) is 0 Å². The van der Waals surface area contributed by atoms with Gasteiger partial charge in [0.15, 0.2) is 5.82 Å². The Hall–Kier alpha value is -3.51. The Bertz CT molecular complexity index is 1510. The Morgan fingerprint density at radius 3 is 2.61 bits per heavy atom.